The van der Waals surface area contributed by atoms with Crippen LogP contribution < -0.4 is 10.1 Å². The van der Waals surface area contributed by atoms with Gasteiger partial charge in [0, 0.05) is 19.2 Å². The Kier molecular flexibility index (Phi) is 6.39. The molecule has 7 heteroatoms. The highest BCUT2D eigenvalue weighted by Gasteiger charge is 2.26. The minimum atomic E-state index is -1.11. The summed E-state index contributed by atoms with van der Waals surface area (Å²) in [6.07, 6.45) is 0.253. The third-order valence-electron chi connectivity index (χ3n) is 3.21. The first kappa shape index (κ1) is 17.6. The minimum absolute atomic E-state index is 0.0261. The van der Waals surface area contributed by atoms with Crippen molar-refractivity contribution in [2.45, 2.75) is 6.10 Å². The number of hydrogen-bond donors (Lipinski definition) is 1. The van der Waals surface area contributed by atoms with Gasteiger partial charge in [-0.05, 0) is 24.3 Å². The first-order valence-corrected chi connectivity index (χ1v) is 7.30. The molecule has 1 aromatic carbocycles. The lowest BCUT2D eigenvalue weighted by molar-refractivity contribution is -0.130. The normalized spacial score (nSPS) is 11.6. The van der Waals surface area contributed by atoms with Gasteiger partial charge in [0.25, 0.3) is 5.91 Å². The van der Waals surface area contributed by atoms with E-state index in [1.807, 2.05) is 0 Å². The van der Waals surface area contributed by atoms with Crippen molar-refractivity contribution in [3.63, 3.8) is 0 Å². The number of nitrogens with one attached hydrogen (secondary N) is 1. The standard InChI is InChI=1S/C17H19NO6/c1-21-11-9-18-16(19)15(12-5-7-13(22-2)8-6-12)24-17(20)14-4-3-10-23-14/h3-8,10,15H,9,11H2,1-2H3,(H,18,19)/t15-/m1/s1. The number of hydrogen-bond acceptors (Lipinski definition) is 6. The van der Waals surface area contributed by atoms with Crippen LogP contribution in [0.5, 0.6) is 5.75 Å². The van der Waals surface area contributed by atoms with Crippen LogP contribution in [-0.2, 0) is 14.3 Å². The molecule has 1 amide bonds. The van der Waals surface area contributed by atoms with Crippen molar-refractivity contribution in [2.75, 3.05) is 27.4 Å². The molecule has 0 fully saturated rings. The number of carbonyl (C=O) groups is 2. The van der Waals surface area contributed by atoms with Crippen LogP contribution in [0.2, 0.25) is 0 Å². The Morgan fingerprint density at radius 3 is 2.50 bits per heavy atom. The molecular formula is C17H19NO6. The zero-order chi connectivity index (χ0) is 17.4. The Labute approximate surface area is 139 Å². The molecule has 1 atom stereocenters. The summed E-state index contributed by atoms with van der Waals surface area (Å²) >= 11 is 0. The second kappa shape index (κ2) is 8.73. The fourth-order valence-corrected chi connectivity index (χ4v) is 1.98. The van der Waals surface area contributed by atoms with Crippen molar-refractivity contribution in [1.82, 2.24) is 5.32 Å². The molecule has 0 aliphatic rings. The first-order chi connectivity index (χ1) is 11.7. The third kappa shape index (κ3) is 4.60. The van der Waals surface area contributed by atoms with Crippen LogP contribution in [0, 0.1) is 0 Å². The van der Waals surface area contributed by atoms with Crippen LogP contribution in [-0.4, -0.2) is 39.2 Å². The summed E-state index contributed by atoms with van der Waals surface area (Å²) in [5.74, 6) is -0.507. The molecule has 2 rings (SSSR count). The molecule has 0 saturated heterocycles. The maximum Gasteiger partial charge on any atom is 0.375 e. The number of furan rings is 1. The van der Waals surface area contributed by atoms with E-state index in [2.05, 4.69) is 5.32 Å². The molecule has 2 aromatic rings. The van der Waals surface area contributed by atoms with Gasteiger partial charge in [-0.3, -0.25) is 4.79 Å². The molecule has 0 spiro atoms. The predicted molar refractivity (Wildman–Crippen MR) is 84.7 cm³/mol. The summed E-state index contributed by atoms with van der Waals surface area (Å²) in [5.41, 5.74) is 0.519. The van der Waals surface area contributed by atoms with Gasteiger partial charge in [0.15, 0.2) is 0 Å². The highest BCUT2D eigenvalue weighted by Crippen LogP contribution is 2.22. The number of ether oxygens (including phenoxy) is 3. The van der Waals surface area contributed by atoms with Gasteiger partial charge in [0.2, 0.25) is 11.9 Å². The summed E-state index contributed by atoms with van der Waals surface area (Å²) in [7, 11) is 3.07. The van der Waals surface area contributed by atoms with E-state index in [1.54, 1.807) is 37.4 Å². The van der Waals surface area contributed by atoms with Gasteiger partial charge in [-0.2, -0.15) is 0 Å². The van der Waals surface area contributed by atoms with Crippen LogP contribution in [0.3, 0.4) is 0 Å². The third-order valence-corrected chi connectivity index (χ3v) is 3.21. The van der Waals surface area contributed by atoms with Gasteiger partial charge in [-0.15, -0.1) is 0 Å². The van der Waals surface area contributed by atoms with E-state index in [0.29, 0.717) is 24.5 Å². The van der Waals surface area contributed by atoms with Crippen LogP contribution in [0.4, 0.5) is 0 Å². The first-order valence-electron chi connectivity index (χ1n) is 7.30. The van der Waals surface area contributed by atoms with Gasteiger partial charge in [0.05, 0.1) is 20.0 Å². The molecule has 0 aliphatic heterocycles. The van der Waals surface area contributed by atoms with Crippen LogP contribution in [0.1, 0.15) is 22.2 Å². The van der Waals surface area contributed by atoms with E-state index in [-0.39, 0.29) is 5.76 Å². The second-order valence-corrected chi connectivity index (χ2v) is 4.82. The van der Waals surface area contributed by atoms with Crippen molar-refractivity contribution >= 4 is 11.9 Å². The summed E-state index contributed by atoms with van der Waals surface area (Å²) < 4.78 is 20.3. The molecular weight excluding hydrogens is 314 g/mol. The maximum atomic E-state index is 12.4. The molecule has 0 unspecified atom stereocenters. The van der Waals surface area contributed by atoms with E-state index >= 15 is 0 Å². The minimum Gasteiger partial charge on any atom is -0.497 e. The van der Waals surface area contributed by atoms with E-state index in [1.165, 1.54) is 19.4 Å². The molecule has 1 aromatic heterocycles. The Balaban J connectivity index is 2.16. The second-order valence-electron chi connectivity index (χ2n) is 4.82. The Morgan fingerprint density at radius 1 is 1.17 bits per heavy atom. The van der Waals surface area contributed by atoms with Gasteiger partial charge in [0.1, 0.15) is 5.75 Å². The Morgan fingerprint density at radius 2 is 1.92 bits per heavy atom. The molecule has 1 N–H and O–H groups in total. The summed E-state index contributed by atoms with van der Waals surface area (Å²) in [6, 6.07) is 9.73. The smallest absolute Gasteiger partial charge is 0.375 e. The lowest BCUT2D eigenvalue weighted by Gasteiger charge is -2.17. The zero-order valence-electron chi connectivity index (χ0n) is 13.5. The highest BCUT2D eigenvalue weighted by atomic mass is 16.6. The molecule has 1 heterocycles. The van der Waals surface area contributed by atoms with Crippen molar-refractivity contribution in [3.8, 4) is 5.75 Å². The van der Waals surface area contributed by atoms with E-state index < -0.39 is 18.0 Å². The van der Waals surface area contributed by atoms with Gasteiger partial charge < -0.3 is 23.9 Å². The van der Waals surface area contributed by atoms with Crippen molar-refractivity contribution in [2.24, 2.45) is 0 Å². The number of esters is 1. The number of benzene rings is 1. The molecule has 0 aliphatic carbocycles. The lowest BCUT2D eigenvalue weighted by Crippen LogP contribution is -2.34. The number of methoxy groups -OCH3 is 2. The Bertz CT molecular complexity index is 650. The topological polar surface area (TPSA) is 87.0 Å². The number of carbonyl (C=O) groups excluding carboxylic acids is 2. The van der Waals surface area contributed by atoms with Crippen LogP contribution in [0.15, 0.2) is 47.1 Å². The van der Waals surface area contributed by atoms with Crippen molar-refractivity contribution in [1.29, 1.82) is 0 Å². The van der Waals surface area contributed by atoms with Gasteiger partial charge in [-0.25, -0.2) is 4.79 Å². The predicted octanol–water partition coefficient (Wildman–Crippen LogP) is 1.95. The molecule has 7 nitrogen and oxygen atoms in total. The quantitative estimate of drug-likeness (QED) is 0.587. The Hall–Kier alpha value is -2.80. The molecule has 24 heavy (non-hydrogen) atoms. The SMILES string of the molecule is COCCNC(=O)[C@H](OC(=O)c1ccco1)c1ccc(OC)cc1. The molecule has 0 bridgehead atoms. The summed E-state index contributed by atoms with van der Waals surface area (Å²) in [4.78, 5) is 24.5. The van der Waals surface area contributed by atoms with Crippen LogP contribution >= 0.6 is 0 Å². The highest BCUT2D eigenvalue weighted by molar-refractivity contribution is 5.90. The van der Waals surface area contributed by atoms with E-state index in [9.17, 15) is 9.59 Å². The lowest BCUT2D eigenvalue weighted by atomic mass is 10.1. The monoisotopic (exact) mass is 333 g/mol. The summed E-state index contributed by atoms with van der Waals surface area (Å²) in [5, 5.41) is 2.66. The zero-order valence-corrected chi connectivity index (χ0v) is 13.5. The maximum absolute atomic E-state index is 12.4. The van der Waals surface area contributed by atoms with E-state index in [0.717, 1.165) is 0 Å². The van der Waals surface area contributed by atoms with Crippen molar-refractivity contribution < 1.29 is 28.2 Å². The molecule has 128 valence electrons. The summed E-state index contributed by atoms with van der Waals surface area (Å²) in [6.45, 7) is 0.660. The fourth-order valence-electron chi connectivity index (χ4n) is 1.98. The average molecular weight is 333 g/mol. The number of rotatable bonds is 8. The molecule has 0 radical (unpaired) electrons. The number of amides is 1. The van der Waals surface area contributed by atoms with E-state index in [4.69, 9.17) is 18.6 Å². The largest absolute Gasteiger partial charge is 0.497 e. The average Bonchev–Trinajstić information content (AvgIpc) is 3.14. The van der Waals surface area contributed by atoms with Gasteiger partial charge in [-0.1, -0.05) is 12.1 Å². The van der Waals surface area contributed by atoms with Crippen LogP contribution in [0.25, 0.3) is 0 Å². The fraction of sp³-hybridized carbons (Fsp3) is 0.294. The molecule has 0 saturated carbocycles. The van der Waals surface area contributed by atoms with Crippen molar-refractivity contribution in [3.05, 3.63) is 54.0 Å². The van der Waals surface area contributed by atoms with Gasteiger partial charge >= 0.3 is 5.97 Å².